The number of nitriles is 1. The summed E-state index contributed by atoms with van der Waals surface area (Å²) >= 11 is 0. The second-order valence-corrected chi connectivity index (χ2v) is 7.76. The first-order valence-corrected chi connectivity index (χ1v) is 10.7. The largest absolute Gasteiger partial charge is 0.466 e. The van der Waals surface area contributed by atoms with Gasteiger partial charge in [0.1, 0.15) is 11.5 Å². The third-order valence-corrected chi connectivity index (χ3v) is 5.94. The number of methoxy groups -OCH3 is 3. The van der Waals surface area contributed by atoms with Gasteiger partial charge in [-0.2, -0.15) is 5.26 Å². The molecule has 0 radical (unpaired) electrons. The van der Waals surface area contributed by atoms with E-state index in [0.717, 1.165) is 0 Å². The molecular weight excluding hydrogens is 464 g/mol. The fourth-order valence-electron chi connectivity index (χ4n) is 4.31. The molecule has 2 heterocycles. The summed E-state index contributed by atoms with van der Waals surface area (Å²) in [5.41, 5.74) is 8.05. The number of aromatic nitrogens is 1. The van der Waals surface area contributed by atoms with Crippen LogP contribution in [-0.4, -0.2) is 44.2 Å². The van der Waals surface area contributed by atoms with Gasteiger partial charge in [-0.3, -0.25) is 4.90 Å². The molecule has 1 aromatic heterocycles. The molecule has 1 aliphatic heterocycles. The van der Waals surface area contributed by atoms with E-state index < -0.39 is 23.8 Å². The van der Waals surface area contributed by atoms with Gasteiger partial charge < -0.3 is 24.9 Å². The Morgan fingerprint density at radius 1 is 0.972 bits per heavy atom. The van der Waals surface area contributed by atoms with Crippen molar-refractivity contribution in [3.63, 3.8) is 0 Å². The number of esters is 3. The van der Waals surface area contributed by atoms with Crippen molar-refractivity contribution in [2.24, 2.45) is 5.73 Å². The maximum Gasteiger partial charge on any atom is 0.355 e. The molecule has 1 unspecified atom stereocenters. The van der Waals surface area contributed by atoms with Crippen molar-refractivity contribution in [2.75, 3.05) is 26.2 Å². The first-order valence-electron chi connectivity index (χ1n) is 10.7. The molecule has 10 nitrogen and oxygen atoms in total. The van der Waals surface area contributed by atoms with Crippen LogP contribution in [0.4, 0.5) is 5.69 Å². The molecule has 2 aromatic carbocycles. The van der Waals surface area contributed by atoms with Crippen molar-refractivity contribution in [1.29, 1.82) is 5.26 Å². The van der Waals surface area contributed by atoms with Crippen LogP contribution in [0.2, 0.25) is 0 Å². The summed E-state index contributed by atoms with van der Waals surface area (Å²) in [6.45, 7) is 0. The van der Waals surface area contributed by atoms with Crippen LogP contribution < -0.4 is 10.6 Å². The van der Waals surface area contributed by atoms with Crippen LogP contribution in [0, 0.1) is 11.3 Å². The van der Waals surface area contributed by atoms with E-state index in [-0.39, 0.29) is 22.7 Å². The molecular formula is C26H22N4O6. The first kappa shape index (κ1) is 24.1. The molecule has 0 fully saturated rings. The molecule has 0 spiro atoms. The van der Waals surface area contributed by atoms with E-state index in [1.165, 1.54) is 32.4 Å². The molecule has 3 N–H and O–H groups in total. The quantitative estimate of drug-likeness (QED) is 0.410. The molecule has 0 saturated carbocycles. The second-order valence-electron chi connectivity index (χ2n) is 7.76. The van der Waals surface area contributed by atoms with Crippen molar-refractivity contribution >= 4 is 34.5 Å². The zero-order valence-electron chi connectivity index (χ0n) is 19.7. The van der Waals surface area contributed by atoms with Crippen molar-refractivity contribution in [3.05, 3.63) is 88.5 Å². The van der Waals surface area contributed by atoms with Gasteiger partial charge in [-0.15, -0.1) is 0 Å². The Kier molecular flexibility index (Phi) is 6.48. The van der Waals surface area contributed by atoms with Crippen molar-refractivity contribution in [3.8, 4) is 6.07 Å². The summed E-state index contributed by atoms with van der Waals surface area (Å²) in [7, 11) is 3.64. The number of nitrogens with one attached hydrogen (secondary N) is 1. The number of H-pyrrole nitrogens is 1. The smallest absolute Gasteiger partial charge is 0.355 e. The minimum Gasteiger partial charge on any atom is -0.466 e. The lowest BCUT2D eigenvalue weighted by molar-refractivity contribution is -0.139. The van der Waals surface area contributed by atoms with Crippen molar-refractivity contribution in [2.45, 2.75) is 5.92 Å². The SMILES string of the molecule is COC(=O)C1=C(C(=O)OC)N(c2ccc3c(C(=O)OC)c[nH]c3c2)C(N)=C(C#N)C1c1ccccc1. The Hall–Kier alpha value is -5.04. The minimum atomic E-state index is -0.964. The molecule has 182 valence electrons. The van der Waals surface area contributed by atoms with E-state index in [2.05, 4.69) is 11.1 Å². The summed E-state index contributed by atoms with van der Waals surface area (Å²) in [6, 6.07) is 15.7. The minimum absolute atomic E-state index is 0.0519. The predicted octanol–water partition coefficient (Wildman–Crippen LogP) is 2.85. The number of nitrogens with two attached hydrogens (primary N) is 1. The molecule has 36 heavy (non-hydrogen) atoms. The number of nitrogens with zero attached hydrogens (tertiary/aromatic N) is 2. The number of carbonyl (C=O) groups is 3. The maximum absolute atomic E-state index is 13.1. The summed E-state index contributed by atoms with van der Waals surface area (Å²) in [5.74, 6) is -3.21. The summed E-state index contributed by atoms with van der Waals surface area (Å²) in [4.78, 5) is 42.6. The third-order valence-electron chi connectivity index (χ3n) is 5.94. The first-order chi connectivity index (χ1) is 17.4. The highest BCUT2D eigenvalue weighted by molar-refractivity contribution is 6.08. The van der Waals surface area contributed by atoms with E-state index in [4.69, 9.17) is 19.9 Å². The number of allylic oxidation sites excluding steroid dienone is 1. The second kappa shape index (κ2) is 9.68. The van der Waals surface area contributed by atoms with Crippen molar-refractivity contribution < 1.29 is 28.6 Å². The Morgan fingerprint density at radius 2 is 1.64 bits per heavy atom. The molecule has 0 aliphatic carbocycles. The summed E-state index contributed by atoms with van der Waals surface area (Å²) in [5, 5.41) is 10.7. The number of hydrogen-bond acceptors (Lipinski definition) is 9. The van der Waals surface area contributed by atoms with Gasteiger partial charge in [-0.1, -0.05) is 30.3 Å². The van der Waals surface area contributed by atoms with E-state index in [0.29, 0.717) is 27.7 Å². The lowest BCUT2D eigenvalue weighted by Gasteiger charge is -2.35. The number of rotatable bonds is 5. The molecule has 0 amide bonds. The lowest BCUT2D eigenvalue weighted by atomic mass is 9.81. The summed E-state index contributed by atoms with van der Waals surface area (Å²) < 4.78 is 14.9. The fourth-order valence-corrected chi connectivity index (χ4v) is 4.31. The van der Waals surface area contributed by atoms with Crippen LogP contribution in [-0.2, 0) is 23.8 Å². The average Bonchev–Trinajstić information content (AvgIpc) is 3.34. The van der Waals surface area contributed by atoms with Crippen LogP contribution in [0.3, 0.4) is 0 Å². The van der Waals surface area contributed by atoms with Gasteiger partial charge in [0, 0.05) is 22.8 Å². The Morgan fingerprint density at radius 3 is 2.25 bits per heavy atom. The molecule has 0 bridgehead atoms. The number of ether oxygens (including phenoxy) is 3. The van der Waals surface area contributed by atoms with Crippen LogP contribution >= 0.6 is 0 Å². The highest BCUT2D eigenvalue weighted by Gasteiger charge is 2.43. The van der Waals surface area contributed by atoms with E-state index in [1.54, 1.807) is 48.5 Å². The number of aromatic amines is 1. The monoisotopic (exact) mass is 486 g/mol. The third kappa shape index (κ3) is 3.82. The van der Waals surface area contributed by atoms with Crippen molar-refractivity contribution in [1.82, 2.24) is 4.98 Å². The van der Waals surface area contributed by atoms with E-state index in [9.17, 15) is 19.6 Å². The summed E-state index contributed by atoms with van der Waals surface area (Å²) in [6.07, 6.45) is 1.50. The van der Waals surface area contributed by atoms with Crippen LogP contribution in [0.5, 0.6) is 0 Å². The van der Waals surface area contributed by atoms with E-state index in [1.807, 2.05) is 0 Å². The average molecular weight is 486 g/mol. The van der Waals surface area contributed by atoms with Gasteiger partial charge in [-0.05, 0) is 23.8 Å². The van der Waals surface area contributed by atoms with Crippen LogP contribution in [0.25, 0.3) is 10.9 Å². The van der Waals surface area contributed by atoms with Gasteiger partial charge in [0.25, 0.3) is 0 Å². The Bertz CT molecular complexity index is 1480. The highest BCUT2D eigenvalue weighted by atomic mass is 16.5. The molecule has 0 saturated heterocycles. The number of anilines is 1. The van der Waals surface area contributed by atoms with Gasteiger partial charge in [0.2, 0.25) is 0 Å². The van der Waals surface area contributed by atoms with Gasteiger partial charge >= 0.3 is 17.9 Å². The van der Waals surface area contributed by atoms with Gasteiger partial charge in [-0.25, -0.2) is 14.4 Å². The molecule has 1 aliphatic rings. The van der Waals surface area contributed by atoms with Crippen LogP contribution in [0.1, 0.15) is 21.8 Å². The lowest BCUT2D eigenvalue weighted by Crippen LogP contribution is -2.40. The highest BCUT2D eigenvalue weighted by Crippen LogP contribution is 2.43. The topological polar surface area (TPSA) is 148 Å². The van der Waals surface area contributed by atoms with Crippen LogP contribution in [0.15, 0.2) is 77.4 Å². The number of carbonyl (C=O) groups excluding carboxylic acids is 3. The molecule has 1 atom stereocenters. The van der Waals surface area contributed by atoms with E-state index >= 15 is 0 Å². The number of fused-ring (bicyclic) bond motifs is 1. The maximum atomic E-state index is 13.1. The molecule has 10 heteroatoms. The normalized spacial score (nSPS) is 15.5. The Labute approximate surface area is 206 Å². The van der Waals surface area contributed by atoms with Gasteiger partial charge in [0.05, 0.1) is 50.0 Å². The number of benzene rings is 2. The number of hydrogen-bond donors (Lipinski definition) is 2. The zero-order valence-corrected chi connectivity index (χ0v) is 19.7. The standard InChI is InChI=1S/C26H22N4O6/c1-34-24(31)18-13-29-19-11-15(9-10-16(18)19)30-22(26(33)36-3)21(25(32)35-2)20(17(12-27)23(30)28)14-7-5-4-6-8-14/h4-11,13,20,29H,28H2,1-3H3. The Balaban J connectivity index is 2.02. The predicted molar refractivity (Wildman–Crippen MR) is 129 cm³/mol. The van der Waals surface area contributed by atoms with Gasteiger partial charge in [0.15, 0.2) is 0 Å². The molecule has 3 aromatic rings. The fraction of sp³-hybridized carbons (Fsp3) is 0.154. The molecule has 4 rings (SSSR count). The zero-order chi connectivity index (χ0) is 26.0.